The topological polar surface area (TPSA) is 199 Å². The first kappa shape index (κ1) is 33.0. The second-order valence-electron chi connectivity index (χ2n) is 10.3. The number of rotatable bonds is 7. The van der Waals surface area contributed by atoms with Crippen molar-refractivity contribution in [3.05, 3.63) is 107 Å². The van der Waals surface area contributed by atoms with E-state index in [1.165, 1.54) is 24.3 Å². The number of phenolic OH excluding ortho intramolecular Hbond substituents is 2. The van der Waals surface area contributed by atoms with E-state index in [2.05, 4.69) is 20.5 Å². The molecule has 0 radical (unpaired) electrons. The summed E-state index contributed by atoms with van der Waals surface area (Å²) in [6.45, 7) is 0. The monoisotopic (exact) mass is 722 g/mol. The number of benzene rings is 6. The third-order valence-corrected chi connectivity index (χ3v) is 9.62. The van der Waals surface area contributed by atoms with Gasteiger partial charge >= 0.3 is 0 Å². The molecule has 0 aliphatic carbocycles. The van der Waals surface area contributed by atoms with Crippen LogP contribution >= 0.6 is 23.2 Å². The van der Waals surface area contributed by atoms with Gasteiger partial charge in [0.25, 0.3) is 20.2 Å². The molecule has 0 amide bonds. The first-order chi connectivity index (χ1) is 22.7. The van der Waals surface area contributed by atoms with Gasteiger partial charge in [0, 0.05) is 21.5 Å². The van der Waals surface area contributed by atoms with Gasteiger partial charge in [0.15, 0.2) is 11.5 Å². The Balaban J connectivity index is 1.28. The lowest BCUT2D eigenvalue weighted by Crippen LogP contribution is -1.99. The molecule has 4 N–H and O–H groups in total. The van der Waals surface area contributed by atoms with Gasteiger partial charge < -0.3 is 10.2 Å². The van der Waals surface area contributed by atoms with Crippen LogP contribution in [0.2, 0.25) is 10.0 Å². The standard InChI is InChI=1S/C32H20Cl2N4O8S2/c33-23-13-17(9-11-25(23)35-37-27-15-29(47(41,42)43)19-5-1-3-7-21(19)31(27)39)18-10-12-26(24(34)14-18)36-38-28-16-30(48(44,45)46)20-6-2-4-8-22(20)32(28)40/h1-16,39-40H,(H,41,42,43)(H,44,45,46). The van der Waals surface area contributed by atoms with Crippen molar-refractivity contribution >= 4 is 87.7 Å². The molecule has 12 nitrogen and oxygen atoms in total. The molecule has 0 atom stereocenters. The molecule has 48 heavy (non-hydrogen) atoms. The SMILES string of the molecule is O=S(=O)(O)c1cc(N=Nc2ccc(-c3ccc(N=Nc4cc(S(=O)(=O)O)c5ccccc5c4O)c(Cl)c3)cc2Cl)c(O)c2ccccc12. The zero-order valence-electron chi connectivity index (χ0n) is 24.0. The van der Waals surface area contributed by atoms with Gasteiger partial charge in [0.2, 0.25) is 0 Å². The van der Waals surface area contributed by atoms with Crippen molar-refractivity contribution in [3.63, 3.8) is 0 Å². The Bertz CT molecular complexity index is 2400. The highest BCUT2D eigenvalue weighted by Crippen LogP contribution is 2.42. The van der Waals surface area contributed by atoms with Crippen LogP contribution in [-0.2, 0) is 20.2 Å². The Labute approximate surface area is 282 Å². The Morgan fingerprint density at radius 1 is 0.458 bits per heavy atom. The number of phenols is 2. The normalized spacial score (nSPS) is 12.5. The number of hydrogen-bond acceptors (Lipinski definition) is 10. The third-order valence-electron chi connectivity index (χ3n) is 7.23. The molecule has 0 unspecified atom stereocenters. The van der Waals surface area contributed by atoms with Crippen LogP contribution in [0.3, 0.4) is 0 Å². The van der Waals surface area contributed by atoms with Crippen molar-refractivity contribution in [2.24, 2.45) is 20.5 Å². The number of halogens is 2. The molecule has 0 saturated heterocycles. The van der Waals surface area contributed by atoms with Gasteiger partial charge in [-0.2, -0.15) is 16.8 Å². The minimum absolute atomic E-state index is 0.114. The van der Waals surface area contributed by atoms with Gasteiger partial charge in [-0.25, -0.2) is 0 Å². The van der Waals surface area contributed by atoms with Gasteiger partial charge in [0.1, 0.15) is 32.5 Å². The van der Waals surface area contributed by atoms with E-state index >= 15 is 0 Å². The summed E-state index contributed by atoms with van der Waals surface area (Å²) >= 11 is 12.9. The maximum Gasteiger partial charge on any atom is 0.295 e. The molecular weight excluding hydrogens is 703 g/mol. The third kappa shape index (κ3) is 6.44. The minimum atomic E-state index is -4.64. The van der Waals surface area contributed by atoms with E-state index in [1.54, 1.807) is 60.7 Å². The summed E-state index contributed by atoms with van der Waals surface area (Å²) < 4.78 is 67.3. The van der Waals surface area contributed by atoms with Crippen LogP contribution in [0.15, 0.2) is 127 Å². The lowest BCUT2D eigenvalue weighted by Gasteiger charge is -2.09. The van der Waals surface area contributed by atoms with Crippen molar-refractivity contribution in [1.29, 1.82) is 0 Å². The van der Waals surface area contributed by atoms with E-state index in [0.29, 0.717) is 11.1 Å². The summed E-state index contributed by atoms with van der Waals surface area (Å²) in [7, 11) is -9.28. The minimum Gasteiger partial charge on any atom is -0.505 e. The van der Waals surface area contributed by atoms with Gasteiger partial charge in [-0.15, -0.1) is 20.5 Å². The Kier molecular flexibility index (Phi) is 8.63. The zero-order valence-corrected chi connectivity index (χ0v) is 27.2. The maximum absolute atomic E-state index is 12.0. The van der Waals surface area contributed by atoms with Crippen LogP contribution in [0.4, 0.5) is 22.7 Å². The molecule has 242 valence electrons. The van der Waals surface area contributed by atoms with Gasteiger partial charge in [-0.1, -0.05) is 83.9 Å². The molecule has 16 heteroatoms. The Morgan fingerprint density at radius 3 is 1.12 bits per heavy atom. The fourth-order valence-corrected chi connectivity index (χ4v) is 6.82. The summed E-state index contributed by atoms with van der Waals surface area (Å²) in [5, 5.41) is 38.3. The van der Waals surface area contributed by atoms with E-state index in [0.717, 1.165) is 12.1 Å². The van der Waals surface area contributed by atoms with Crippen LogP contribution in [0, 0.1) is 0 Å². The van der Waals surface area contributed by atoms with Gasteiger partial charge in [-0.05, 0) is 47.5 Å². The van der Waals surface area contributed by atoms with E-state index in [9.17, 15) is 36.2 Å². The summed E-state index contributed by atoms with van der Waals surface area (Å²) in [6, 6.07) is 23.7. The Morgan fingerprint density at radius 2 is 0.792 bits per heavy atom. The first-order valence-corrected chi connectivity index (χ1v) is 17.2. The molecule has 0 saturated carbocycles. The predicted octanol–water partition coefficient (Wildman–Crippen LogP) is 9.70. The number of fused-ring (bicyclic) bond motifs is 2. The number of aromatic hydroxyl groups is 2. The second-order valence-corrected chi connectivity index (χ2v) is 13.9. The molecule has 0 fully saturated rings. The molecule has 6 aromatic carbocycles. The van der Waals surface area contributed by atoms with E-state index in [1.807, 2.05) is 0 Å². The summed E-state index contributed by atoms with van der Waals surface area (Å²) in [5.74, 6) is -0.674. The Hall–Kier alpha value is -4.96. The smallest absolute Gasteiger partial charge is 0.295 e. The molecule has 0 bridgehead atoms. The van der Waals surface area contributed by atoms with E-state index < -0.39 is 30.0 Å². The zero-order chi connectivity index (χ0) is 34.4. The molecule has 0 aliphatic rings. The van der Waals surface area contributed by atoms with Crippen molar-refractivity contribution < 1.29 is 36.2 Å². The first-order valence-electron chi connectivity index (χ1n) is 13.6. The van der Waals surface area contributed by atoms with Crippen LogP contribution in [-0.4, -0.2) is 36.2 Å². The summed E-state index contributed by atoms with van der Waals surface area (Å²) in [6.07, 6.45) is 0. The largest absolute Gasteiger partial charge is 0.505 e. The van der Waals surface area contributed by atoms with Crippen LogP contribution in [0.1, 0.15) is 0 Å². The van der Waals surface area contributed by atoms with Gasteiger partial charge in [-0.3, -0.25) is 9.11 Å². The average molecular weight is 724 g/mol. The lowest BCUT2D eigenvalue weighted by molar-refractivity contribution is 0.477. The molecular formula is C32H20Cl2N4O8S2. The molecule has 6 rings (SSSR count). The van der Waals surface area contributed by atoms with Crippen LogP contribution in [0.25, 0.3) is 32.7 Å². The van der Waals surface area contributed by atoms with Crippen LogP contribution in [0.5, 0.6) is 11.5 Å². The molecule has 0 heterocycles. The molecule has 0 spiro atoms. The van der Waals surface area contributed by atoms with Crippen molar-refractivity contribution in [1.82, 2.24) is 0 Å². The van der Waals surface area contributed by atoms with E-state index in [-0.39, 0.29) is 65.8 Å². The maximum atomic E-state index is 12.0. The number of azo groups is 2. The average Bonchev–Trinajstić information content (AvgIpc) is 3.04. The van der Waals surface area contributed by atoms with Crippen molar-refractivity contribution in [3.8, 4) is 22.6 Å². The quantitative estimate of drug-likeness (QED) is 0.0921. The lowest BCUT2D eigenvalue weighted by atomic mass is 10.0. The summed E-state index contributed by atoms with van der Waals surface area (Å²) in [4.78, 5) is -0.883. The molecule has 0 aliphatic heterocycles. The highest BCUT2D eigenvalue weighted by molar-refractivity contribution is 7.86. The fourth-order valence-electron chi connectivity index (χ4n) is 4.96. The molecule has 0 aromatic heterocycles. The molecule has 6 aromatic rings. The number of nitrogens with zero attached hydrogens (tertiary/aromatic N) is 4. The number of hydrogen-bond donors (Lipinski definition) is 4. The second kappa shape index (κ2) is 12.6. The van der Waals surface area contributed by atoms with Crippen LogP contribution < -0.4 is 0 Å². The highest BCUT2D eigenvalue weighted by Gasteiger charge is 2.21. The van der Waals surface area contributed by atoms with Crippen molar-refractivity contribution in [2.45, 2.75) is 9.79 Å². The predicted molar refractivity (Wildman–Crippen MR) is 181 cm³/mol. The fraction of sp³-hybridized carbons (Fsp3) is 0. The highest BCUT2D eigenvalue weighted by atomic mass is 35.5. The van der Waals surface area contributed by atoms with Gasteiger partial charge in [0.05, 0.1) is 10.0 Å². The summed E-state index contributed by atoms with van der Waals surface area (Å²) in [5.41, 5.74) is 1.22. The van der Waals surface area contributed by atoms with E-state index in [4.69, 9.17) is 23.2 Å². The van der Waals surface area contributed by atoms with Crippen molar-refractivity contribution in [2.75, 3.05) is 0 Å².